The van der Waals surface area contributed by atoms with Gasteiger partial charge < -0.3 is 4.57 Å². The van der Waals surface area contributed by atoms with Gasteiger partial charge in [-0.05, 0) is 54.7 Å². The van der Waals surface area contributed by atoms with Crippen molar-refractivity contribution in [2.45, 2.75) is 38.9 Å². The molecule has 3 rings (SSSR count). The zero-order chi connectivity index (χ0) is 20.6. The van der Waals surface area contributed by atoms with Gasteiger partial charge in [-0.1, -0.05) is 13.3 Å². The monoisotopic (exact) mass is 401 g/mol. The Morgan fingerprint density at radius 3 is 2.43 bits per heavy atom. The van der Waals surface area contributed by atoms with E-state index in [1.165, 1.54) is 6.26 Å². The molecule has 0 unspecified atom stereocenters. The fourth-order valence-electron chi connectivity index (χ4n) is 3.65. The van der Waals surface area contributed by atoms with E-state index in [1.807, 2.05) is 23.9 Å². The number of unbranched alkanes of at least 4 members (excludes halogenated alkanes) is 1. The molecule has 0 saturated heterocycles. The summed E-state index contributed by atoms with van der Waals surface area (Å²) in [6, 6.07) is 5.81. The summed E-state index contributed by atoms with van der Waals surface area (Å²) in [5.41, 5.74) is 4.95. The molecule has 2 aromatic heterocycles. The summed E-state index contributed by atoms with van der Waals surface area (Å²) < 4.78 is 27.5. The van der Waals surface area contributed by atoms with Crippen LogP contribution in [-0.2, 0) is 36.1 Å². The van der Waals surface area contributed by atoms with Crippen molar-refractivity contribution in [3.8, 4) is 11.1 Å². The van der Waals surface area contributed by atoms with Crippen molar-refractivity contribution >= 4 is 20.7 Å². The van der Waals surface area contributed by atoms with E-state index in [0.29, 0.717) is 11.1 Å². The topological polar surface area (TPSA) is 74.0 Å². The number of rotatable bonds is 6. The molecule has 0 aliphatic heterocycles. The zero-order valence-corrected chi connectivity index (χ0v) is 17.9. The van der Waals surface area contributed by atoms with Crippen molar-refractivity contribution < 1.29 is 8.42 Å². The molecule has 3 aromatic rings. The Kier molecular flexibility index (Phi) is 5.48. The van der Waals surface area contributed by atoms with Crippen molar-refractivity contribution in [3.05, 3.63) is 51.6 Å². The Bertz CT molecular complexity index is 1180. The third-order valence-corrected chi connectivity index (χ3v) is 5.86. The van der Waals surface area contributed by atoms with Crippen LogP contribution in [0.5, 0.6) is 0 Å². The molecule has 7 heteroatoms. The highest BCUT2D eigenvalue weighted by atomic mass is 32.2. The largest absolute Gasteiger partial charge is 0.318 e. The number of aromatic nitrogens is 3. The first kappa shape index (κ1) is 20.3. The number of sulfone groups is 1. The molecule has 0 atom stereocenters. The molecule has 0 bridgehead atoms. The van der Waals surface area contributed by atoms with Crippen molar-refractivity contribution in [1.82, 2.24) is 14.3 Å². The third kappa shape index (κ3) is 4.04. The first-order valence-electron chi connectivity index (χ1n) is 9.44. The van der Waals surface area contributed by atoms with Crippen LogP contribution in [0.1, 0.15) is 36.6 Å². The smallest absolute Gasteiger partial charge is 0.253 e. The van der Waals surface area contributed by atoms with Crippen LogP contribution in [0.15, 0.2) is 29.2 Å². The molecule has 0 radical (unpaired) electrons. The van der Waals surface area contributed by atoms with Crippen molar-refractivity contribution in [2.75, 3.05) is 6.26 Å². The molecule has 0 saturated carbocycles. The second-order valence-electron chi connectivity index (χ2n) is 7.60. The Morgan fingerprint density at radius 2 is 1.82 bits per heavy atom. The standard InChI is InChI=1S/C21H27N3O3S/c1-6-7-8-19-18-11-15(16-9-14(2)21(25)23(3)12-16)10-17(13-28(5,26)27)20(18)22-24(19)4/h9-12H,6-8,13H2,1-5H3. The number of hydrogen-bond donors (Lipinski definition) is 0. The zero-order valence-electron chi connectivity index (χ0n) is 17.1. The summed E-state index contributed by atoms with van der Waals surface area (Å²) in [5, 5.41) is 5.62. The van der Waals surface area contributed by atoms with Gasteiger partial charge in [-0.25, -0.2) is 8.42 Å². The molecule has 0 fully saturated rings. The molecular weight excluding hydrogens is 374 g/mol. The Labute approximate surface area is 165 Å². The minimum Gasteiger partial charge on any atom is -0.318 e. The highest BCUT2D eigenvalue weighted by molar-refractivity contribution is 7.89. The molecule has 0 amide bonds. The van der Waals surface area contributed by atoms with Gasteiger partial charge in [-0.3, -0.25) is 9.48 Å². The minimum atomic E-state index is -3.22. The Morgan fingerprint density at radius 1 is 1.11 bits per heavy atom. The van der Waals surface area contributed by atoms with E-state index in [4.69, 9.17) is 0 Å². The van der Waals surface area contributed by atoms with Crippen LogP contribution >= 0.6 is 0 Å². The van der Waals surface area contributed by atoms with Gasteiger partial charge in [0.2, 0.25) is 0 Å². The van der Waals surface area contributed by atoms with Crippen LogP contribution in [0, 0.1) is 6.92 Å². The van der Waals surface area contributed by atoms with E-state index in [-0.39, 0.29) is 11.3 Å². The van der Waals surface area contributed by atoms with Gasteiger partial charge >= 0.3 is 0 Å². The van der Waals surface area contributed by atoms with Gasteiger partial charge in [0.25, 0.3) is 5.56 Å². The fourth-order valence-corrected chi connectivity index (χ4v) is 4.44. The lowest BCUT2D eigenvalue weighted by molar-refractivity contribution is 0.601. The number of hydrogen-bond acceptors (Lipinski definition) is 4. The first-order valence-corrected chi connectivity index (χ1v) is 11.5. The molecule has 0 spiro atoms. The number of nitrogens with zero attached hydrogens (tertiary/aromatic N) is 3. The number of benzene rings is 1. The number of pyridine rings is 1. The second-order valence-corrected chi connectivity index (χ2v) is 9.74. The maximum atomic E-state index is 12.1. The summed E-state index contributed by atoms with van der Waals surface area (Å²) in [7, 11) is 0.420. The van der Waals surface area contributed by atoms with Crippen LogP contribution in [0.25, 0.3) is 22.0 Å². The lowest BCUT2D eigenvalue weighted by Crippen LogP contribution is -2.18. The van der Waals surface area contributed by atoms with Crippen LogP contribution in [0.2, 0.25) is 0 Å². The highest BCUT2D eigenvalue weighted by Crippen LogP contribution is 2.31. The molecule has 150 valence electrons. The summed E-state index contributed by atoms with van der Waals surface area (Å²) in [6.07, 6.45) is 6.03. The predicted molar refractivity (Wildman–Crippen MR) is 113 cm³/mol. The Hall–Kier alpha value is -2.41. The number of aryl methyl sites for hydroxylation is 4. The molecule has 0 aliphatic rings. The minimum absolute atomic E-state index is 0.0359. The molecular formula is C21H27N3O3S. The van der Waals surface area contributed by atoms with Crippen LogP contribution in [0.3, 0.4) is 0 Å². The normalized spacial score (nSPS) is 12.0. The molecule has 2 heterocycles. The van der Waals surface area contributed by atoms with E-state index >= 15 is 0 Å². The SMILES string of the molecule is CCCCc1c2cc(-c3cc(C)c(=O)n(C)c3)cc(CS(C)(=O)=O)c2nn1C. The second kappa shape index (κ2) is 7.54. The van der Waals surface area contributed by atoms with Gasteiger partial charge in [-0.2, -0.15) is 5.10 Å². The molecule has 1 aromatic carbocycles. The maximum absolute atomic E-state index is 12.1. The summed E-state index contributed by atoms with van der Waals surface area (Å²) in [5.74, 6) is -0.0632. The Balaban J connectivity index is 2.30. The van der Waals surface area contributed by atoms with Gasteiger partial charge in [0.1, 0.15) is 0 Å². The fraction of sp³-hybridized carbons (Fsp3) is 0.429. The molecule has 0 aliphatic carbocycles. The summed E-state index contributed by atoms with van der Waals surface area (Å²) >= 11 is 0. The van der Waals surface area contributed by atoms with Gasteiger partial charge in [0.05, 0.1) is 11.3 Å². The summed E-state index contributed by atoms with van der Waals surface area (Å²) in [4.78, 5) is 12.1. The third-order valence-electron chi connectivity index (χ3n) is 5.02. The van der Waals surface area contributed by atoms with Gasteiger partial charge in [0.15, 0.2) is 9.84 Å². The lowest BCUT2D eigenvalue weighted by atomic mass is 9.99. The molecule has 0 N–H and O–H groups in total. The average molecular weight is 402 g/mol. The van der Waals surface area contributed by atoms with Crippen LogP contribution in [0.4, 0.5) is 0 Å². The highest BCUT2D eigenvalue weighted by Gasteiger charge is 2.18. The van der Waals surface area contributed by atoms with E-state index in [9.17, 15) is 13.2 Å². The van der Waals surface area contributed by atoms with Crippen LogP contribution in [-0.4, -0.2) is 29.0 Å². The maximum Gasteiger partial charge on any atom is 0.253 e. The molecule has 28 heavy (non-hydrogen) atoms. The quantitative estimate of drug-likeness (QED) is 0.636. The average Bonchev–Trinajstić information content (AvgIpc) is 2.91. The van der Waals surface area contributed by atoms with E-state index in [0.717, 1.165) is 47.0 Å². The van der Waals surface area contributed by atoms with Crippen molar-refractivity contribution in [1.29, 1.82) is 0 Å². The van der Waals surface area contributed by atoms with E-state index in [1.54, 1.807) is 24.7 Å². The van der Waals surface area contributed by atoms with Crippen molar-refractivity contribution in [3.63, 3.8) is 0 Å². The van der Waals surface area contributed by atoms with E-state index in [2.05, 4.69) is 18.1 Å². The van der Waals surface area contributed by atoms with Crippen LogP contribution < -0.4 is 5.56 Å². The van der Waals surface area contributed by atoms with Gasteiger partial charge in [0, 0.05) is 43.2 Å². The van der Waals surface area contributed by atoms with Gasteiger partial charge in [-0.15, -0.1) is 0 Å². The predicted octanol–water partition coefficient (Wildman–Crippen LogP) is 3.13. The first-order chi connectivity index (χ1) is 13.1. The summed E-state index contributed by atoms with van der Waals surface area (Å²) in [6.45, 7) is 3.94. The number of fused-ring (bicyclic) bond motifs is 1. The lowest BCUT2D eigenvalue weighted by Gasteiger charge is -2.10. The molecule has 6 nitrogen and oxygen atoms in total. The van der Waals surface area contributed by atoms with E-state index < -0.39 is 9.84 Å². The van der Waals surface area contributed by atoms with Crippen molar-refractivity contribution in [2.24, 2.45) is 14.1 Å².